The number of hydrogen-bond donors (Lipinski definition) is 2. The highest BCUT2D eigenvalue weighted by Crippen LogP contribution is 2.20. The van der Waals surface area contributed by atoms with E-state index in [-0.39, 0.29) is 17.0 Å². The summed E-state index contributed by atoms with van der Waals surface area (Å²) in [6.07, 6.45) is 0.378. The van der Waals surface area contributed by atoms with Gasteiger partial charge in [0.25, 0.3) is 0 Å². The summed E-state index contributed by atoms with van der Waals surface area (Å²) < 4.78 is 30.8. The lowest BCUT2D eigenvalue weighted by Crippen LogP contribution is -2.19. The lowest BCUT2D eigenvalue weighted by molar-refractivity contribution is 0.0696. The van der Waals surface area contributed by atoms with Gasteiger partial charge in [0.1, 0.15) is 0 Å². The fourth-order valence-corrected chi connectivity index (χ4v) is 2.75. The largest absolute Gasteiger partial charge is 0.478 e. The van der Waals surface area contributed by atoms with Crippen molar-refractivity contribution in [2.45, 2.75) is 13.3 Å². The molecule has 0 atom stereocenters. The van der Waals surface area contributed by atoms with E-state index in [0.717, 1.165) is 0 Å². The van der Waals surface area contributed by atoms with Crippen LogP contribution in [0.3, 0.4) is 0 Å². The van der Waals surface area contributed by atoms with Crippen molar-refractivity contribution in [2.24, 2.45) is 0 Å². The van der Waals surface area contributed by atoms with E-state index in [0.29, 0.717) is 18.6 Å². The summed E-state index contributed by atoms with van der Waals surface area (Å²) in [6, 6.07) is 4.47. The van der Waals surface area contributed by atoms with Gasteiger partial charge >= 0.3 is 5.97 Å². The summed E-state index contributed by atoms with van der Waals surface area (Å²) in [5.74, 6) is -1.16. The second-order valence-electron chi connectivity index (χ2n) is 4.05. The number of hydrogen-bond acceptors (Lipinski definition) is 4. The van der Waals surface area contributed by atoms with E-state index in [9.17, 15) is 13.2 Å². The third-order valence-corrected chi connectivity index (χ3v) is 3.95. The molecule has 1 aromatic carbocycles. The van der Waals surface area contributed by atoms with Crippen LogP contribution in [0, 0.1) is 6.92 Å². The fourth-order valence-electron chi connectivity index (χ4n) is 1.59. The predicted octanol–water partition coefficient (Wildman–Crippen LogP) is 1.47. The standard InChI is InChI=1S/C12H17NO5S/c1-9-10(12(14)15)5-3-6-11(9)13-19(16,17)8-4-7-18-2/h3,5-6,13H,4,7-8H2,1-2H3,(H,14,15). The number of rotatable bonds is 7. The zero-order chi connectivity index (χ0) is 14.5. The average molecular weight is 287 g/mol. The molecule has 0 radical (unpaired) electrons. The molecule has 0 bridgehead atoms. The Morgan fingerprint density at radius 2 is 2.11 bits per heavy atom. The summed E-state index contributed by atoms with van der Waals surface area (Å²) in [6.45, 7) is 1.92. The second-order valence-corrected chi connectivity index (χ2v) is 5.89. The summed E-state index contributed by atoms with van der Waals surface area (Å²) in [5, 5.41) is 8.97. The first kappa shape index (κ1) is 15.5. The quantitative estimate of drug-likeness (QED) is 0.741. The molecule has 2 N–H and O–H groups in total. The zero-order valence-electron chi connectivity index (χ0n) is 10.8. The van der Waals surface area contributed by atoms with Gasteiger partial charge in [0, 0.05) is 13.7 Å². The Bertz CT molecular complexity index is 553. The highest BCUT2D eigenvalue weighted by molar-refractivity contribution is 7.92. The lowest BCUT2D eigenvalue weighted by Gasteiger charge is -2.11. The molecule has 7 heteroatoms. The zero-order valence-corrected chi connectivity index (χ0v) is 11.7. The summed E-state index contributed by atoms with van der Waals surface area (Å²) in [7, 11) is -1.99. The molecule has 0 amide bonds. The van der Waals surface area contributed by atoms with Crippen molar-refractivity contribution in [3.8, 4) is 0 Å². The Labute approximate surface area is 112 Å². The number of carboxylic acids is 1. The number of ether oxygens (including phenoxy) is 1. The Kier molecular flexibility index (Phi) is 5.31. The Hall–Kier alpha value is -1.60. The Morgan fingerprint density at radius 1 is 1.42 bits per heavy atom. The number of aromatic carboxylic acids is 1. The number of carboxylic acid groups (broad SMARTS) is 1. The van der Waals surface area contributed by atoms with Crippen LogP contribution in [0.15, 0.2) is 18.2 Å². The maximum atomic E-state index is 11.8. The van der Waals surface area contributed by atoms with Crippen LogP contribution in [0.1, 0.15) is 22.3 Å². The van der Waals surface area contributed by atoms with Crippen molar-refractivity contribution >= 4 is 21.7 Å². The third-order valence-electron chi connectivity index (χ3n) is 2.59. The van der Waals surface area contributed by atoms with Gasteiger partial charge in [-0.25, -0.2) is 13.2 Å². The van der Waals surface area contributed by atoms with E-state index in [1.807, 2.05) is 0 Å². The molecule has 0 aliphatic rings. The van der Waals surface area contributed by atoms with E-state index in [1.54, 1.807) is 6.92 Å². The van der Waals surface area contributed by atoms with Crippen molar-refractivity contribution in [1.29, 1.82) is 0 Å². The van der Waals surface area contributed by atoms with Gasteiger partial charge in [0.2, 0.25) is 10.0 Å². The van der Waals surface area contributed by atoms with Gasteiger partial charge in [-0.2, -0.15) is 0 Å². The molecule has 0 aromatic heterocycles. The number of anilines is 1. The molecule has 0 fully saturated rings. The van der Waals surface area contributed by atoms with Gasteiger partial charge in [-0.15, -0.1) is 0 Å². The fraction of sp³-hybridized carbons (Fsp3) is 0.417. The van der Waals surface area contributed by atoms with E-state index < -0.39 is 16.0 Å². The first-order chi connectivity index (χ1) is 8.87. The van der Waals surface area contributed by atoms with Crippen LogP contribution in [0.25, 0.3) is 0 Å². The number of benzene rings is 1. The van der Waals surface area contributed by atoms with Crippen molar-refractivity contribution in [2.75, 3.05) is 24.2 Å². The molecule has 1 aromatic rings. The predicted molar refractivity (Wildman–Crippen MR) is 72.0 cm³/mol. The smallest absolute Gasteiger partial charge is 0.336 e. The van der Waals surface area contributed by atoms with Gasteiger partial charge in [-0.05, 0) is 31.0 Å². The lowest BCUT2D eigenvalue weighted by atomic mass is 10.1. The van der Waals surface area contributed by atoms with Gasteiger partial charge in [-0.1, -0.05) is 6.07 Å². The van der Waals surface area contributed by atoms with Gasteiger partial charge in [-0.3, -0.25) is 4.72 Å². The van der Waals surface area contributed by atoms with Crippen molar-refractivity contribution in [1.82, 2.24) is 0 Å². The summed E-state index contributed by atoms with van der Waals surface area (Å²) >= 11 is 0. The summed E-state index contributed by atoms with van der Waals surface area (Å²) in [4.78, 5) is 11.0. The first-order valence-corrected chi connectivity index (χ1v) is 7.35. The van der Waals surface area contributed by atoms with Crippen LogP contribution in [0.4, 0.5) is 5.69 Å². The molecule has 6 nitrogen and oxygen atoms in total. The summed E-state index contributed by atoms with van der Waals surface area (Å²) in [5.41, 5.74) is 0.764. The van der Waals surface area contributed by atoms with Crippen LogP contribution in [-0.2, 0) is 14.8 Å². The Balaban J connectivity index is 2.88. The van der Waals surface area contributed by atoms with Crippen LogP contribution in [0.5, 0.6) is 0 Å². The maximum absolute atomic E-state index is 11.8. The van der Waals surface area contributed by atoms with Crippen LogP contribution in [-0.4, -0.2) is 39.0 Å². The van der Waals surface area contributed by atoms with Gasteiger partial charge in [0.05, 0.1) is 17.0 Å². The highest BCUT2D eigenvalue weighted by atomic mass is 32.2. The molecule has 0 heterocycles. The average Bonchev–Trinajstić information content (AvgIpc) is 2.31. The van der Waals surface area contributed by atoms with E-state index in [4.69, 9.17) is 9.84 Å². The molecule has 0 saturated heterocycles. The number of carbonyl (C=O) groups is 1. The second kappa shape index (κ2) is 6.53. The number of sulfonamides is 1. The first-order valence-electron chi connectivity index (χ1n) is 5.69. The molecule has 0 unspecified atom stereocenters. The monoisotopic (exact) mass is 287 g/mol. The van der Waals surface area contributed by atoms with Gasteiger partial charge in [0.15, 0.2) is 0 Å². The van der Waals surface area contributed by atoms with Crippen molar-refractivity contribution in [3.63, 3.8) is 0 Å². The molecule has 0 aliphatic carbocycles. The molecule has 0 saturated carbocycles. The number of nitrogens with one attached hydrogen (secondary N) is 1. The topological polar surface area (TPSA) is 92.7 Å². The normalized spacial score (nSPS) is 11.3. The van der Waals surface area contributed by atoms with Crippen LogP contribution < -0.4 is 4.72 Å². The molecular formula is C12H17NO5S. The number of methoxy groups -OCH3 is 1. The highest BCUT2D eigenvalue weighted by Gasteiger charge is 2.15. The van der Waals surface area contributed by atoms with E-state index >= 15 is 0 Å². The van der Waals surface area contributed by atoms with Crippen LogP contribution >= 0.6 is 0 Å². The van der Waals surface area contributed by atoms with Gasteiger partial charge < -0.3 is 9.84 Å². The maximum Gasteiger partial charge on any atom is 0.336 e. The van der Waals surface area contributed by atoms with Crippen molar-refractivity contribution in [3.05, 3.63) is 29.3 Å². The SMILES string of the molecule is COCCCS(=O)(=O)Nc1cccc(C(=O)O)c1C. The molecule has 19 heavy (non-hydrogen) atoms. The molecule has 0 spiro atoms. The third kappa shape index (κ3) is 4.53. The van der Waals surface area contributed by atoms with E-state index in [2.05, 4.69) is 4.72 Å². The van der Waals surface area contributed by atoms with Crippen molar-refractivity contribution < 1.29 is 23.1 Å². The molecule has 106 valence electrons. The minimum Gasteiger partial charge on any atom is -0.478 e. The molecule has 0 aliphatic heterocycles. The Morgan fingerprint density at radius 3 is 2.68 bits per heavy atom. The van der Waals surface area contributed by atoms with Crippen LogP contribution in [0.2, 0.25) is 0 Å². The molecular weight excluding hydrogens is 270 g/mol. The van der Waals surface area contributed by atoms with E-state index in [1.165, 1.54) is 25.3 Å². The molecule has 1 rings (SSSR count). The minimum atomic E-state index is -3.49. The minimum absolute atomic E-state index is 0.0718.